The van der Waals surface area contributed by atoms with Crippen molar-refractivity contribution in [1.82, 2.24) is 4.31 Å². The molecule has 1 saturated heterocycles. The number of hydrogen-bond donors (Lipinski definition) is 1. The van der Waals surface area contributed by atoms with Crippen LogP contribution in [0.2, 0.25) is 10.0 Å². The van der Waals surface area contributed by atoms with E-state index in [0.717, 1.165) is 12.8 Å². The summed E-state index contributed by atoms with van der Waals surface area (Å²) >= 11 is 12.3. The Morgan fingerprint density at radius 1 is 1.29 bits per heavy atom. The molecule has 1 aliphatic carbocycles. The van der Waals surface area contributed by atoms with Gasteiger partial charge in [-0.2, -0.15) is 4.31 Å². The minimum Gasteiger partial charge on any atom is -0.387 e. The molecular formula is C14H17Cl2NO3S. The predicted octanol–water partition coefficient (Wildman–Crippen LogP) is 2.76. The zero-order valence-corrected chi connectivity index (χ0v) is 14.2. The van der Waals surface area contributed by atoms with E-state index in [1.807, 2.05) is 0 Å². The van der Waals surface area contributed by atoms with E-state index in [1.165, 1.54) is 4.31 Å². The molecule has 1 aromatic carbocycles. The Hall–Kier alpha value is -0.330. The van der Waals surface area contributed by atoms with E-state index in [2.05, 4.69) is 0 Å². The Labute approximate surface area is 134 Å². The maximum Gasteiger partial charge on any atom is 0.245 e. The monoisotopic (exact) mass is 349 g/mol. The molecule has 7 heteroatoms. The third-order valence-corrected chi connectivity index (χ3v) is 7.38. The Morgan fingerprint density at radius 2 is 1.86 bits per heavy atom. The molecule has 2 fully saturated rings. The molecule has 116 valence electrons. The predicted molar refractivity (Wildman–Crippen MR) is 82.4 cm³/mol. The van der Waals surface area contributed by atoms with E-state index >= 15 is 0 Å². The van der Waals surface area contributed by atoms with Gasteiger partial charge in [0, 0.05) is 18.1 Å². The second-order valence-electron chi connectivity index (χ2n) is 6.09. The Bertz CT molecular complexity index is 681. The van der Waals surface area contributed by atoms with Gasteiger partial charge in [-0.25, -0.2) is 8.42 Å². The maximum absolute atomic E-state index is 12.8. The maximum atomic E-state index is 12.8. The highest BCUT2D eigenvalue weighted by Gasteiger charge is 2.55. The van der Waals surface area contributed by atoms with Crippen molar-refractivity contribution in [2.45, 2.75) is 37.2 Å². The molecule has 0 aromatic heterocycles. The number of aryl methyl sites for hydroxylation is 1. The Morgan fingerprint density at radius 3 is 2.38 bits per heavy atom. The summed E-state index contributed by atoms with van der Waals surface area (Å²) in [5.41, 5.74) is 0.221. The minimum absolute atomic E-state index is 0.0620. The standard InChI is InChI=1S/C14H17Cl2NO3S/c1-8-5-11(15)9(2)13(12(8)16)21(19,20)17-6-14(18,7-17)10-3-4-10/h5,10,18H,3-4,6-7H2,1-2H3. The zero-order valence-electron chi connectivity index (χ0n) is 11.9. The van der Waals surface area contributed by atoms with Gasteiger partial charge in [0.05, 0.1) is 10.6 Å². The molecule has 4 nitrogen and oxygen atoms in total. The summed E-state index contributed by atoms with van der Waals surface area (Å²) in [6.07, 6.45) is 1.95. The zero-order chi connectivity index (χ0) is 15.6. The van der Waals surface area contributed by atoms with E-state index < -0.39 is 15.6 Å². The van der Waals surface area contributed by atoms with E-state index in [4.69, 9.17) is 23.2 Å². The minimum atomic E-state index is -3.73. The molecular weight excluding hydrogens is 333 g/mol. The molecule has 0 amide bonds. The normalized spacial score (nSPS) is 22.1. The van der Waals surface area contributed by atoms with Gasteiger partial charge in [-0.3, -0.25) is 0 Å². The largest absolute Gasteiger partial charge is 0.387 e. The van der Waals surface area contributed by atoms with Gasteiger partial charge in [0.15, 0.2) is 0 Å². The SMILES string of the molecule is Cc1cc(Cl)c(C)c(S(=O)(=O)N2CC(O)(C3CC3)C2)c1Cl. The van der Waals surface area contributed by atoms with Gasteiger partial charge in [0.2, 0.25) is 10.0 Å². The lowest BCUT2D eigenvalue weighted by Crippen LogP contribution is -2.64. The highest BCUT2D eigenvalue weighted by Crippen LogP contribution is 2.47. The highest BCUT2D eigenvalue weighted by molar-refractivity contribution is 7.89. The van der Waals surface area contributed by atoms with Crippen molar-refractivity contribution in [3.05, 3.63) is 27.2 Å². The van der Waals surface area contributed by atoms with E-state index in [1.54, 1.807) is 19.9 Å². The Balaban J connectivity index is 1.97. The van der Waals surface area contributed by atoms with Gasteiger partial charge < -0.3 is 5.11 Å². The first-order valence-corrected chi connectivity index (χ1v) is 9.04. The number of halogens is 2. The molecule has 0 atom stereocenters. The number of benzene rings is 1. The number of hydrogen-bond acceptors (Lipinski definition) is 3. The lowest BCUT2D eigenvalue weighted by molar-refractivity contribution is -0.0764. The molecule has 2 aliphatic rings. The molecule has 1 aliphatic heterocycles. The van der Waals surface area contributed by atoms with Crippen LogP contribution in [0.25, 0.3) is 0 Å². The van der Waals surface area contributed by atoms with Crippen LogP contribution in [0, 0.1) is 19.8 Å². The fraction of sp³-hybridized carbons (Fsp3) is 0.571. The average Bonchev–Trinajstić information content (AvgIpc) is 3.17. The second-order valence-corrected chi connectivity index (χ2v) is 8.75. The highest BCUT2D eigenvalue weighted by atomic mass is 35.5. The number of sulfonamides is 1. The summed E-state index contributed by atoms with van der Waals surface area (Å²) in [5.74, 6) is 0.238. The van der Waals surface area contributed by atoms with Gasteiger partial charge in [-0.15, -0.1) is 0 Å². The average molecular weight is 350 g/mol. The van der Waals surface area contributed by atoms with Crippen LogP contribution in [0.5, 0.6) is 0 Å². The summed E-state index contributed by atoms with van der Waals surface area (Å²) in [7, 11) is -3.73. The third-order valence-electron chi connectivity index (χ3n) is 4.42. The van der Waals surface area contributed by atoms with Crippen LogP contribution in [-0.2, 0) is 10.0 Å². The van der Waals surface area contributed by atoms with Crippen LogP contribution in [-0.4, -0.2) is 36.5 Å². The van der Waals surface area contributed by atoms with Crippen molar-refractivity contribution < 1.29 is 13.5 Å². The first-order valence-electron chi connectivity index (χ1n) is 6.84. The van der Waals surface area contributed by atoms with Gasteiger partial charge in [0.25, 0.3) is 0 Å². The van der Waals surface area contributed by atoms with Crippen molar-refractivity contribution in [2.75, 3.05) is 13.1 Å². The fourth-order valence-corrected chi connectivity index (χ4v) is 5.60. The number of aliphatic hydroxyl groups is 1. The van der Waals surface area contributed by atoms with Crippen molar-refractivity contribution in [1.29, 1.82) is 0 Å². The quantitative estimate of drug-likeness (QED) is 0.912. The summed E-state index contributed by atoms with van der Waals surface area (Å²) in [5, 5.41) is 10.9. The molecule has 0 bridgehead atoms. The number of rotatable bonds is 3. The van der Waals surface area contributed by atoms with Crippen LogP contribution in [0.3, 0.4) is 0 Å². The second kappa shape index (κ2) is 4.83. The Kier molecular flexibility index (Phi) is 3.58. The summed E-state index contributed by atoms with van der Waals surface area (Å²) in [6.45, 7) is 3.65. The van der Waals surface area contributed by atoms with Crippen molar-refractivity contribution in [3.63, 3.8) is 0 Å². The van der Waals surface area contributed by atoms with E-state index in [9.17, 15) is 13.5 Å². The molecule has 0 radical (unpaired) electrons. The lowest BCUT2D eigenvalue weighted by atomic mass is 9.91. The molecule has 1 N–H and O–H groups in total. The summed E-state index contributed by atoms with van der Waals surface area (Å²) < 4.78 is 26.8. The lowest BCUT2D eigenvalue weighted by Gasteiger charge is -2.46. The van der Waals surface area contributed by atoms with Gasteiger partial charge in [-0.1, -0.05) is 23.2 Å². The van der Waals surface area contributed by atoms with Gasteiger partial charge in [-0.05, 0) is 49.8 Å². The van der Waals surface area contributed by atoms with Crippen LogP contribution < -0.4 is 0 Å². The molecule has 21 heavy (non-hydrogen) atoms. The van der Waals surface area contributed by atoms with Gasteiger partial charge >= 0.3 is 0 Å². The van der Waals surface area contributed by atoms with Crippen LogP contribution in [0.1, 0.15) is 24.0 Å². The van der Waals surface area contributed by atoms with E-state index in [0.29, 0.717) is 16.1 Å². The fourth-order valence-electron chi connectivity index (χ4n) is 2.86. The number of β-amino-alcohol motifs (C(OH)–C–C–N with tert-alkyl or cyclic N) is 1. The van der Waals surface area contributed by atoms with Crippen molar-refractivity contribution in [3.8, 4) is 0 Å². The smallest absolute Gasteiger partial charge is 0.245 e. The van der Waals surface area contributed by atoms with Crippen LogP contribution in [0.15, 0.2) is 11.0 Å². The summed E-state index contributed by atoms with van der Waals surface area (Å²) in [4.78, 5) is 0.0620. The molecule has 1 heterocycles. The van der Waals surface area contributed by atoms with Crippen LogP contribution >= 0.6 is 23.2 Å². The topological polar surface area (TPSA) is 57.6 Å². The third kappa shape index (κ3) is 2.39. The first-order chi connectivity index (χ1) is 9.67. The van der Waals surface area contributed by atoms with Crippen molar-refractivity contribution in [2.24, 2.45) is 5.92 Å². The summed E-state index contributed by atoms with van der Waals surface area (Å²) in [6, 6.07) is 1.66. The first kappa shape index (κ1) is 15.6. The molecule has 0 unspecified atom stereocenters. The molecule has 1 aromatic rings. The molecule has 3 rings (SSSR count). The van der Waals surface area contributed by atoms with Crippen molar-refractivity contribution >= 4 is 33.2 Å². The molecule has 0 spiro atoms. The molecule has 1 saturated carbocycles. The van der Waals surface area contributed by atoms with Crippen LogP contribution in [0.4, 0.5) is 0 Å². The van der Waals surface area contributed by atoms with Gasteiger partial charge in [0.1, 0.15) is 4.90 Å². The van der Waals surface area contributed by atoms with E-state index in [-0.39, 0.29) is 28.9 Å². The number of nitrogens with zero attached hydrogens (tertiary/aromatic N) is 1.